The third-order valence-corrected chi connectivity index (χ3v) is 2.56. The molecule has 1 atom stereocenters. The molecular formula is C6H12O3S. The summed E-state index contributed by atoms with van der Waals surface area (Å²) in [6, 6.07) is 0. The Bertz CT molecular complexity index is 212. The first kappa shape index (κ1) is 6.61. The summed E-state index contributed by atoms with van der Waals surface area (Å²) in [5.41, 5.74) is -1.07. The van der Waals surface area contributed by atoms with E-state index in [0.29, 0.717) is 6.42 Å². The predicted molar refractivity (Wildman–Crippen MR) is 38.2 cm³/mol. The van der Waals surface area contributed by atoms with Crippen LogP contribution in [-0.2, 0) is 14.3 Å². The van der Waals surface area contributed by atoms with Crippen molar-refractivity contribution in [1.82, 2.24) is 0 Å². The molecule has 0 amide bonds. The van der Waals surface area contributed by atoms with E-state index >= 15 is 0 Å². The highest BCUT2D eigenvalue weighted by atomic mass is 32.2. The molecule has 1 saturated heterocycles. The first-order valence-corrected chi connectivity index (χ1v) is 4.90. The number of hydrogen-bond donors (Lipinski definition) is 0. The van der Waals surface area contributed by atoms with Crippen LogP contribution in [0.3, 0.4) is 0 Å². The fourth-order valence-electron chi connectivity index (χ4n) is 0.874. The van der Waals surface area contributed by atoms with Gasteiger partial charge in [0, 0.05) is 1.37 Å². The average Bonchev–Trinajstić information content (AvgIpc) is 1.93. The van der Waals surface area contributed by atoms with Crippen LogP contribution in [0.25, 0.3) is 0 Å². The molecule has 1 fully saturated rings. The third kappa shape index (κ3) is 2.66. The van der Waals surface area contributed by atoms with Gasteiger partial charge in [-0.25, -0.2) is 0 Å². The molecule has 1 unspecified atom stereocenters. The summed E-state index contributed by atoms with van der Waals surface area (Å²) in [5.74, 6) is 0. The molecule has 0 radical (unpaired) electrons. The van der Waals surface area contributed by atoms with Gasteiger partial charge in [0.2, 0.25) is 0 Å². The average molecular weight is 165 g/mol. The van der Waals surface area contributed by atoms with E-state index < -0.39 is 15.8 Å². The Morgan fingerprint density at radius 2 is 1.90 bits per heavy atom. The lowest BCUT2D eigenvalue weighted by atomic mass is 10.2. The van der Waals surface area contributed by atoms with E-state index in [1.165, 1.54) is 0 Å². The Morgan fingerprint density at radius 3 is 2.70 bits per heavy atom. The van der Waals surface area contributed by atoms with Crippen molar-refractivity contribution in [3.63, 3.8) is 0 Å². The standard InChI is InChI=1S/C6H12O3S/c7-10(8)6-4-2-1-3-5-9-10/h1-6H2/i6D. The first-order valence-electron chi connectivity index (χ1n) is 4.01. The topological polar surface area (TPSA) is 43.4 Å². The van der Waals surface area contributed by atoms with E-state index in [2.05, 4.69) is 4.18 Å². The minimum Gasteiger partial charge on any atom is -0.270 e. The molecule has 60 valence electrons. The maximum atomic E-state index is 10.9. The van der Waals surface area contributed by atoms with Crippen LogP contribution in [0.5, 0.6) is 0 Å². The molecule has 1 heterocycles. The van der Waals surface area contributed by atoms with Gasteiger partial charge in [-0.05, 0) is 12.8 Å². The van der Waals surface area contributed by atoms with Crippen LogP contribution in [0.15, 0.2) is 0 Å². The Morgan fingerprint density at radius 1 is 1.20 bits per heavy atom. The molecule has 1 rings (SSSR count). The van der Waals surface area contributed by atoms with E-state index in [1.54, 1.807) is 0 Å². The molecule has 1 aliphatic heterocycles. The number of hydrogen-bond acceptors (Lipinski definition) is 3. The van der Waals surface area contributed by atoms with Gasteiger partial charge < -0.3 is 0 Å². The highest BCUT2D eigenvalue weighted by Crippen LogP contribution is 2.09. The minimum absolute atomic E-state index is 0.248. The highest BCUT2D eigenvalue weighted by Gasteiger charge is 2.12. The predicted octanol–water partition coefficient (Wildman–Crippen LogP) is 0.907. The molecule has 0 aromatic rings. The van der Waals surface area contributed by atoms with Crippen molar-refractivity contribution in [1.29, 1.82) is 0 Å². The Labute approximate surface area is 62.9 Å². The minimum atomic E-state index is -3.55. The zero-order valence-electron chi connectivity index (χ0n) is 6.75. The Balaban J connectivity index is 2.62. The molecule has 0 aromatic heterocycles. The zero-order chi connectivity index (χ0) is 8.32. The second-order valence-electron chi connectivity index (χ2n) is 2.33. The van der Waals surface area contributed by atoms with Crippen molar-refractivity contribution in [2.75, 3.05) is 12.3 Å². The summed E-state index contributed by atoms with van der Waals surface area (Å²) in [7, 11) is -3.55. The van der Waals surface area contributed by atoms with Crippen molar-refractivity contribution in [2.24, 2.45) is 0 Å². The molecule has 4 heteroatoms. The second-order valence-corrected chi connectivity index (χ2v) is 3.89. The fraction of sp³-hybridized carbons (Fsp3) is 1.00. The van der Waals surface area contributed by atoms with Gasteiger partial charge in [-0.15, -0.1) is 0 Å². The fourth-order valence-corrected chi connectivity index (χ4v) is 1.78. The molecule has 0 saturated carbocycles. The molecule has 10 heavy (non-hydrogen) atoms. The van der Waals surface area contributed by atoms with Gasteiger partial charge in [0.25, 0.3) is 10.1 Å². The molecule has 0 spiro atoms. The highest BCUT2D eigenvalue weighted by molar-refractivity contribution is 7.86. The zero-order valence-corrected chi connectivity index (χ0v) is 6.56. The molecule has 1 aliphatic rings. The maximum absolute atomic E-state index is 10.9. The maximum Gasteiger partial charge on any atom is 0.267 e. The quantitative estimate of drug-likeness (QED) is 0.501. The molecule has 0 aliphatic carbocycles. The summed E-state index contributed by atoms with van der Waals surface area (Å²) < 4.78 is 33.7. The number of rotatable bonds is 0. The summed E-state index contributed by atoms with van der Waals surface area (Å²) >= 11 is 0. The summed E-state index contributed by atoms with van der Waals surface area (Å²) in [6.07, 6.45) is 2.97. The van der Waals surface area contributed by atoms with Crippen molar-refractivity contribution in [2.45, 2.75) is 25.7 Å². The van der Waals surface area contributed by atoms with Crippen LogP contribution >= 0.6 is 0 Å². The third-order valence-electron chi connectivity index (χ3n) is 1.42. The SMILES string of the molecule is [2H]C1CCCCCOS1(=O)=O. The van der Waals surface area contributed by atoms with Crippen LogP contribution in [0.2, 0.25) is 0 Å². The smallest absolute Gasteiger partial charge is 0.267 e. The Kier molecular flexibility index (Phi) is 2.21. The van der Waals surface area contributed by atoms with Gasteiger partial charge in [0.05, 0.1) is 12.3 Å². The van der Waals surface area contributed by atoms with E-state index in [4.69, 9.17) is 1.37 Å². The second kappa shape index (κ2) is 3.34. The van der Waals surface area contributed by atoms with Crippen molar-refractivity contribution >= 4 is 10.1 Å². The van der Waals surface area contributed by atoms with Gasteiger partial charge in [-0.1, -0.05) is 12.8 Å². The van der Waals surface area contributed by atoms with E-state index in [1.807, 2.05) is 0 Å². The first-order chi connectivity index (χ1) is 5.13. The van der Waals surface area contributed by atoms with Crippen LogP contribution in [-0.4, -0.2) is 20.8 Å². The van der Waals surface area contributed by atoms with Crippen molar-refractivity contribution < 1.29 is 14.0 Å². The van der Waals surface area contributed by atoms with Gasteiger partial charge in [-0.2, -0.15) is 8.42 Å². The summed E-state index contributed by atoms with van der Waals surface area (Å²) in [5, 5.41) is 0. The van der Waals surface area contributed by atoms with E-state index in [0.717, 1.165) is 19.3 Å². The molecule has 3 nitrogen and oxygen atoms in total. The largest absolute Gasteiger partial charge is 0.270 e. The lowest BCUT2D eigenvalue weighted by molar-refractivity contribution is 0.299. The van der Waals surface area contributed by atoms with Crippen molar-refractivity contribution in [3.05, 3.63) is 0 Å². The Hall–Kier alpha value is -0.0900. The van der Waals surface area contributed by atoms with Gasteiger partial charge in [0.15, 0.2) is 0 Å². The van der Waals surface area contributed by atoms with Crippen LogP contribution in [0.1, 0.15) is 27.1 Å². The lowest BCUT2D eigenvalue weighted by Crippen LogP contribution is -2.13. The van der Waals surface area contributed by atoms with Crippen LogP contribution in [0.4, 0.5) is 0 Å². The lowest BCUT2D eigenvalue weighted by Gasteiger charge is -2.08. The molecule has 0 bridgehead atoms. The van der Waals surface area contributed by atoms with Crippen LogP contribution < -0.4 is 0 Å². The molecule has 0 N–H and O–H groups in total. The summed E-state index contributed by atoms with van der Waals surface area (Å²) in [4.78, 5) is 0. The van der Waals surface area contributed by atoms with E-state index in [-0.39, 0.29) is 6.61 Å². The van der Waals surface area contributed by atoms with Gasteiger partial charge in [0.1, 0.15) is 0 Å². The van der Waals surface area contributed by atoms with Gasteiger partial charge in [-0.3, -0.25) is 4.18 Å². The molecular weight excluding hydrogens is 152 g/mol. The monoisotopic (exact) mass is 165 g/mol. The van der Waals surface area contributed by atoms with Crippen LogP contribution in [0, 0.1) is 0 Å². The van der Waals surface area contributed by atoms with Crippen molar-refractivity contribution in [3.8, 4) is 0 Å². The normalized spacial score (nSPS) is 35.6. The van der Waals surface area contributed by atoms with Gasteiger partial charge >= 0.3 is 0 Å². The molecule has 0 aromatic carbocycles. The summed E-state index contributed by atoms with van der Waals surface area (Å²) in [6.45, 7) is 0.248. The van der Waals surface area contributed by atoms with E-state index in [9.17, 15) is 8.42 Å².